The van der Waals surface area contributed by atoms with Crippen molar-refractivity contribution in [2.24, 2.45) is 11.3 Å². The third kappa shape index (κ3) is 8.37. The normalized spacial score (nSPS) is 22.3. The Bertz CT molecular complexity index is 2460. The second kappa shape index (κ2) is 15.9. The number of carboxylic acid groups (broad SMARTS) is 1. The van der Waals surface area contributed by atoms with Crippen molar-refractivity contribution in [2.75, 3.05) is 13.7 Å². The van der Waals surface area contributed by atoms with Gasteiger partial charge < -0.3 is 30.1 Å². The summed E-state index contributed by atoms with van der Waals surface area (Å²) in [5, 5.41) is 15.5. The third-order valence-electron chi connectivity index (χ3n) is 11.7. The monoisotopic (exact) mass is 841 g/mol. The zero-order chi connectivity index (χ0) is 43.2. The molecule has 7 rings (SSSR count). The molecule has 3 aromatic carbocycles. The number of likely N-dealkylation sites (tertiary alicyclic amines) is 1. The molecular formula is C44H48FN5O9S. The van der Waals surface area contributed by atoms with Crippen LogP contribution in [-0.4, -0.2) is 89.4 Å². The van der Waals surface area contributed by atoms with Gasteiger partial charge in [0.2, 0.25) is 21.8 Å². The number of hydrogen-bond acceptors (Lipinski definition) is 9. The molecule has 1 saturated heterocycles. The maximum Gasteiger partial charge on any atom is 0.405 e. The van der Waals surface area contributed by atoms with Crippen LogP contribution >= 0.6 is 0 Å². The van der Waals surface area contributed by atoms with Gasteiger partial charge in [-0.15, -0.1) is 6.58 Å². The Morgan fingerprint density at radius 2 is 1.75 bits per heavy atom. The van der Waals surface area contributed by atoms with Crippen LogP contribution in [0.4, 0.5) is 9.18 Å². The minimum Gasteiger partial charge on any atom is -0.497 e. The Hall–Kier alpha value is -6.03. The van der Waals surface area contributed by atoms with Gasteiger partial charge in [0.15, 0.2) is 0 Å². The second-order valence-corrected chi connectivity index (χ2v) is 19.0. The van der Waals surface area contributed by atoms with Crippen molar-refractivity contribution in [2.45, 2.75) is 81.3 Å². The molecule has 4 amide bonds. The lowest BCUT2D eigenvalue weighted by molar-refractivity contribution is -0.142. The molecule has 2 aliphatic carbocycles. The second-order valence-electron chi connectivity index (χ2n) is 16.9. The van der Waals surface area contributed by atoms with Crippen LogP contribution in [0.5, 0.6) is 11.5 Å². The van der Waals surface area contributed by atoms with Gasteiger partial charge in [-0.25, -0.2) is 22.6 Å². The van der Waals surface area contributed by atoms with Crippen molar-refractivity contribution in [3.63, 3.8) is 0 Å². The Morgan fingerprint density at radius 1 is 1.05 bits per heavy atom. The molecule has 14 nitrogen and oxygen atoms in total. The summed E-state index contributed by atoms with van der Waals surface area (Å²) in [4.78, 5) is 61.0. The van der Waals surface area contributed by atoms with E-state index in [2.05, 4.69) is 21.9 Å². The number of aromatic nitrogens is 1. The lowest BCUT2D eigenvalue weighted by Crippen LogP contribution is -2.60. The molecule has 1 aliphatic heterocycles. The summed E-state index contributed by atoms with van der Waals surface area (Å²) in [6.45, 7) is 8.74. The molecule has 5 unspecified atom stereocenters. The van der Waals surface area contributed by atoms with Crippen LogP contribution in [0.15, 0.2) is 91.5 Å². The number of nitrogens with one attached hydrogen (secondary N) is 3. The minimum absolute atomic E-state index is 0.0507. The highest BCUT2D eigenvalue weighted by Crippen LogP contribution is 2.49. The number of amides is 4. The van der Waals surface area contributed by atoms with Crippen molar-refractivity contribution >= 4 is 44.7 Å². The molecule has 3 fully saturated rings. The molecule has 4 N–H and O–H groups in total. The zero-order valence-corrected chi connectivity index (χ0v) is 34.6. The molecule has 5 atom stereocenters. The number of halogens is 1. The van der Waals surface area contributed by atoms with Gasteiger partial charge in [-0.3, -0.25) is 19.1 Å². The van der Waals surface area contributed by atoms with Gasteiger partial charge >= 0.3 is 6.09 Å². The smallest absolute Gasteiger partial charge is 0.405 e. The molecule has 16 heteroatoms. The highest BCUT2D eigenvalue weighted by atomic mass is 32.2. The largest absolute Gasteiger partial charge is 0.497 e. The van der Waals surface area contributed by atoms with E-state index in [-0.39, 0.29) is 38.6 Å². The number of nitrogens with zero attached hydrogens (tertiary/aromatic N) is 2. The molecule has 3 aliphatic rings. The molecule has 2 heterocycles. The van der Waals surface area contributed by atoms with Crippen molar-refractivity contribution in [3.05, 3.63) is 103 Å². The van der Waals surface area contributed by atoms with Gasteiger partial charge in [-0.05, 0) is 60.9 Å². The number of fused-ring (bicyclic) bond motifs is 1. The molecule has 60 heavy (non-hydrogen) atoms. The van der Waals surface area contributed by atoms with Gasteiger partial charge in [0.05, 0.1) is 29.6 Å². The van der Waals surface area contributed by atoms with Crippen molar-refractivity contribution < 1.29 is 46.6 Å². The summed E-state index contributed by atoms with van der Waals surface area (Å²) in [6.07, 6.45) is -0.150. The topological polar surface area (TPSA) is 193 Å². The number of carbonyl (C=O) groups is 4. The maximum absolute atomic E-state index is 14.5. The molecule has 1 aromatic heterocycles. The van der Waals surface area contributed by atoms with Crippen LogP contribution in [0.3, 0.4) is 0 Å². The maximum atomic E-state index is 14.5. The number of benzene rings is 3. The van der Waals surface area contributed by atoms with Crippen LogP contribution < -0.4 is 24.8 Å². The average Bonchev–Trinajstić information content (AvgIpc) is 4.11. The van der Waals surface area contributed by atoms with Crippen molar-refractivity contribution in [1.82, 2.24) is 25.2 Å². The summed E-state index contributed by atoms with van der Waals surface area (Å²) < 4.78 is 54.2. The van der Waals surface area contributed by atoms with Gasteiger partial charge in [0, 0.05) is 35.4 Å². The lowest BCUT2D eigenvalue weighted by atomic mass is 9.85. The van der Waals surface area contributed by atoms with Gasteiger partial charge in [-0.2, -0.15) is 0 Å². The SMILES string of the molecule is C=CC1CC1(NC(=O)C1CC(Oc2cc(-c3ccccc3)nc3cc(OC)ccc23)CN1C(=O)C(NC(=O)O)C(C)(C)C)C(=O)NS(=O)(=O)C1(Cc2ccc(F)cc2)CC1. The van der Waals surface area contributed by atoms with Gasteiger partial charge in [0.1, 0.15) is 41.0 Å². The van der Waals surface area contributed by atoms with Gasteiger partial charge in [-0.1, -0.05) is 69.3 Å². The molecule has 0 radical (unpaired) electrons. The van der Waals surface area contributed by atoms with Gasteiger partial charge in [0.25, 0.3) is 5.91 Å². The zero-order valence-electron chi connectivity index (χ0n) is 33.7. The molecule has 2 saturated carbocycles. The van der Waals surface area contributed by atoms with E-state index in [9.17, 15) is 37.1 Å². The summed E-state index contributed by atoms with van der Waals surface area (Å²) in [5.41, 5.74) is -0.0404. The molecule has 0 bridgehead atoms. The Labute approximate surface area is 347 Å². The van der Waals surface area contributed by atoms with E-state index in [1.807, 2.05) is 30.3 Å². The first-order chi connectivity index (χ1) is 28.4. The van der Waals surface area contributed by atoms with Crippen LogP contribution in [0.25, 0.3) is 22.2 Å². The highest BCUT2D eigenvalue weighted by molar-refractivity contribution is 7.91. The first kappa shape index (κ1) is 42.1. The van der Waals surface area contributed by atoms with E-state index in [1.165, 1.54) is 35.2 Å². The first-order valence-electron chi connectivity index (χ1n) is 19.7. The highest BCUT2D eigenvalue weighted by Gasteiger charge is 2.63. The van der Waals surface area contributed by atoms with E-state index in [0.29, 0.717) is 33.7 Å². The number of carbonyl (C=O) groups excluding carboxylic acids is 3. The number of hydrogen-bond donors (Lipinski definition) is 4. The number of sulfonamides is 1. The fourth-order valence-electron chi connectivity index (χ4n) is 7.96. The van der Waals surface area contributed by atoms with Crippen LogP contribution in [-0.2, 0) is 30.8 Å². The van der Waals surface area contributed by atoms with E-state index < -0.39 is 79.5 Å². The average molecular weight is 842 g/mol. The number of rotatable bonds is 14. The van der Waals surface area contributed by atoms with Crippen molar-refractivity contribution in [3.8, 4) is 22.8 Å². The summed E-state index contributed by atoms with van der Waals surface area (Å²) >= 11 is 0. The predicted molar refractivity (Wildman–Crippen MR) is 221 cm³/mol. The number of ether oxygens (including phenoxy) is 2. The Balaban J connectivity index is 1.18. The fraction of sp³-hybridized carbons (Fsp3) is 0.386. The van der Waals surface area contributed by atoms with Crippen LogP contribution in [0.1, 0.15) is 52.0 Å². The molecule has 4 aromatic rings. The fourth-order valence-corrected chi connectivity index (χ4v) is 9.60. The standard InChI is InChI=1S/C44H48FN5O9S/c1-6-28-24-44(28,40(53)49-60(56,57)43(18-19-43)23-26-12-14-29(45)15-13-26)48-38(51)35-21-31(25-50(35)39(52)37(42(2,3)4)47-41(54)55)59-36-22-33(27-10-8-7-9-11-27)46-34-20-30(58-5)16-17-32(34)36/h6-17,20,22,28,31,35,37,47H,1,18-19,21,23-25H2,2-5H3,(H,48,51)(H,49,53)(H,54,55). The quantitative estimate of drug-likeness (QED) is 0.120. The predicted octanol–water partition coefficient (Wildman–Crippen LogP) is 5.36. The Morgan fingerprint density at radius 3 is 2.35 bits per heavy atom. The first-order valence-corrected chi connectivity index (χ1v) is 21.1. The third-order valence-corrected chi connectivity index (χ3v) is 13.8. The van der Waals surface area contributed by atoms with Crippen LogP contribution in [0.2, 0.25) is 0 Å². The molecule has 316 valence electrons. The summed E-state index contributed by atoms with van der Waals surface area (Å²) in [5.74, 6) is -2.48. The molecular weight excluding hydrogens is 794 g/mol. The van der Waals surface area contributed by atoms with E-state index in [0.717, 1.165) is 5.56 Å². The van der Waals surface area contributed by atoms with E-state index >= 15 is 0 Å². The van der Waals surface area contributed by atoms with E-state index in [4.69, 9.17) is 14.5 Å². The number of methoxy groups -OCH3 is 1. The van der Waals surface area contributed by atoms with Crippen molar-refractivity contribution in [1.29, 1.82) is 0 Å². The van der Waals surface area contributed by atoms with Crippen LogP contribution in [0, 0.1) is 17.2 Å². The number of pyridine rings is 1. The minimum atomic E-state index is -4.28. The summed E-state index contributed by atoms with van der Waals surface area (Å²) in [7, 11) is -2.73. The molecule has 0 spiro atoms. The summed E-state index contributed by atoms with van der Waals surface area (Å²) in [6, 6.07) is 19.5. The Kier molecular flexibility index (Phi) is 11.1. The van der Waals surface area contributed by atoms with E-state index in [1.54, 1.807) is 52.1 Å². The lowest BCUT2D eigenvalue weighted by Gasteiger charge is -2.35.